The van der Waals surface area contributed by atoms with E-state index >= 15 is 0 Å². The SMILES string of the molecule is CC(CCN1CC2C(C[N-]Cc3cccc(OC(F)(F)F)c3)C2C1)CC(C)(C)C. The van der Waals surface area contributed by atoms with Crippen LogP contribution in [0, 0.1) is 29.1 Å². The maximum atomic E-state index is 12.3. The number of rotatable bonds is 9. The zero-order chi connectivity index (χ0) is 21.2. The summed E-state index contributed by atoms with van der Waals surface area (Å²) in [7, 11) is 0. The fourth-order valence-electron chi connectivity index (χ4n) is 4.92. The molecule has 6 heteroatoms. The molecule has 3 nitrogen and oxygen atoms in total. The van der Waals surface area contributed by atoms with Gasteiger partial charge in [-0.25, -0.2) is 0 Å². The average molecular weight is 412 g/mol. The summed E-state index contributed by atoms with van der Waals surface area (Å²) < 4.78 is 40.9. The van der Waals surface area contributed by atoms with Gasteiger partial charge in [0.25, 0.3) is 0 Å². The van der Waals surface area contributed by atoms with Crippen LogP contribution in [0.15, 0.2) is 24.3 Å². The third-order valence-corrected chi connectivity index (χ3v) is 6.11. The van der Waals surface area contributed by atoms with Crippen molar-refractivity contribution in [2.24, 2.45) is 29.1 Å². The molecule has 29 heavy (non-hydrogen) atoms. The first kappa shape index (κ1) is 22.4. The van der Waals surface area contributed by atoms with Gasteiger partial charge in [-0.15, -0.1) is 26.3 Å². The zero-order valence-electron chi connectivity index (χ0n) is 18.0. The van der Waals surface area contributed by atoms with Gasteiger partial charge >= 0.3 is 6.36 Å². The second-order valence-electron chi connectivity index (χ2n) is 10.2. The van der Waals surface area contributed by atoms with Crippen LogP contribution in [-0.4, -0.2) is 37.4 Å². The summed E-state index contributed by atoms with van der Waals surface area (Å²) in [5.41, 5.74) is 1.16. The lowest BCUT2D eigenvalue weighted by Crippen LogP contribution is -2.28. The molecule has 3 atom stereocenters. The van der Waals surface area contributed by atoms with Gasteiger partial charge in [0.1, 0.15) is 5.75 Å². The minimum absolute atomic E-state index is 0.176. The molecule has 1 saturated carbocycles. The Hall–Kier alpha value is -1.27. The van der Waals surface area contributed by atoms with E-state index in [0.29, 0.717) is 17.9 Å². The second kappa shape index (κ2) is 8.84. The van der Waals surface area contributed by atoms with Crippen molar-refractivity contribution in [2.75, 3.05) is 26.2 Å². The van der Waals surface area contributed by atoms with E-state index in [1.807, 2.05) is 0 Å². The molecule has 0 aromatic heterocycles. The van der Waals surface area contributed by atoms with Crippen LogP contribution in [0.25, 0.3) is 5.32 Å². The molecule has 0 N–H and O–H groups in total. The Bertz CT molecular complexity index is 659. The molecule has 0 amide bonds. The first-order chi connectivity index (χ1) is 13.5. The summed E-state index contributed by atoms with van der Waals surface area (Å²) in [6, 6.07) is 6.11. The van der Waals surface area contributed by atoms with Gasteiger partial charge in [0.15, 0.2) is 0 Å². The van der Waals surface area contributed by atoms with Gasteiger partial charge in [0.2, 0.25) is 0 Å². The maximum Gasteiger partial charge on any atom is 0.573 e. The summed E-state index contributed by atoms with van der Waals surface area (Å²) >= 11 is 0. The van der Waals surface area contributed by atoms with Crippen LogP contribution < -0.4 is 4.74 Å². The first-order valence-corrected chi connectivity index (χ1v) is 10.7. The fourth-order valence-corrected chi connectivity index (χ4v) is 4.92. The van der Waals surface area contributed by atoms with Crippen LogP contribution in [-0.2, 0) is 6.54 Å². The van der Waals surface area contributed by atoms with E-state index in [2.05, 4.69) is 42.6 Å². The molecular weight excluding hydrogens is 377 g/mol. The Balaban J connectivity index is 1.32. The molecule has 164 valence electrons. The minimum atomic E-state index is -4.66. The number of piperidine rings is 1. The lowest BCUT2D eigenvalue weighted by Gasteiger charge is -2.27. The molecule has 0 radical (unpaired) electrons. The number of fused-ring (bicyclic) bond motifs is 1. The van der Waals surface area contributed by atoms with Gasteiger partial charge < -0.3 is 15.0 Å². The average Bonchev–Trinajstić information content (AvgIpc) is 3.02. The molecular formula is C23H34F3N2O-. The molecule has 1 aromatic rings. The van der Waals surface area contributed by atoms with Crippen molar-refractivity contribution in [3.05, 3.63) is 35.1 Å². The molecule has 1 aromatic carbocycles. The van der Waals surface area contributed by atoms with Crippen LogP contribution in [0.3, 0.4) is 0 Å². The quantitative estimate of drug-likeness (QED) is 0.491. The first-order valence-electron chi connectivity index (χ1n) is 10.7. The van der Waals surface area contributed by atoms with E-state index in [1.165, 1.54) is 44.6 Å². The van der Waals surface area contributed by atoms with Crippen molar-refractivity contribution >= 4 is 0 Å². The standard InChI is InChI=1S/C23H34F3N2O/c1-16(11-22(2,3)4)8-9-28-14-20-19(21(20)15-28)13-27-12-17-6-5-7-18(10-17)29-23(24,25)26/h5-7,10,16,19-21H,8-9,11-15H2,1-4H3/q-1. The summed E-state index contributed by atoms with van der Waals surface area (Å²) in [6.07, 6.45) is -2.12. The number of nitrogens with zero attached hydrogens (tertiary/aromatic N) is 2. The monoisotopic (exact) mass is 411 g/mol. The highest BCUT2D eigenvalue weighted by Gasteiger charge is 2.52. The summed E-state index contributed by atoms with van der Waals surface area (Å²) in [5.74, 6) is 2.76. The second-order valence-corrected chi connectivity index (χ2v) is 10.2. The maximum absolute atomic E-state index is 12.3. The van der Waals surface area contributed by atoms with Gasteiger partial charge in [-0.2, -0.15) is 0 Å². The molecule has 1 aliphatic heterocycles. The molecule has 2 aliphatic rings. The number of halogens is 3. The van der Waals surface area contributed by atoms with E-state index in [-0.39, 0.29) is 5.75 Å². The van der Waals surface area contributed by atoms with Gasteiger partial charge in [-0.3, -0.25) is 0 Å². The number of hydrogen-bond donors (Lipinski definition) is 0. The van der Waals surface area contributed by atoms with Crippen LogP contribution in [0.2, 0.25) is 0 Å². The normalized spacial score (nSPS) is 25.7. The van der Waals surface area contributed by atoms with Crippen LogP contribution in [0.4, 0.5) is 13.2 Å². The zero-order valence-corrected chi connectivity index (χ0v) is 18.0. The number of hydrogen-bond acceptors (Lipinski definition) is 2. The Morgan fingerprint density at radius 2 is 1.86 bits per heavy atom. The van der Waals surface area contributed by atoms with E-state index in [9.17, 15) is 13.2 Å². The largest absolute Gasteiger partial charge is 0.658 e. The van der Waals surface area contributed by atoms with Crippen molar-refractivity contribution in [3.8, 4) is 5.75 Å². The molecule has 1 saturated heterocycles. The third-order valence-electron chi connectivity index (χ3n) is 6.11. The molecule has 3 unspecified atom stereocenters. The van der Waals surface area contributed by atoms with Gasteiger partial charge in [-0.05, 0) is 54.7 Å². The summed E-state index contributed by atoms with van der Waals surface area (Å²) in [4.78, 5) is 2.60. The Kier molecular flexibility index (Phi) is 6.84. The highest BCUT2D eigenvalue weighted by Crippen LogP contribution is 2.52. The Morgan fingerprint density at radius 3 is 2.48 bits per heavy atom. The topological polar surface area (TPSA) is 26.6 Å². The highest BCUT2D eigenvalue weighted by atomic mass is 19.4. The smallest absolute Gasteiger partial charge is 0.573 e. The molecule has 1 aliphatic carbocycles. The van der Waals surface area contributed by atoms with Crippen molar-refractivity contribution in [3.63, 3.8) is 0 Å². The van der Waals surface area contributed by atoms with E-state index < -0.39 is 6.36 Å². The van der Waals surface area contributed by atoms with Crippen molar-refractivity contribution < 1.29 is 17.9 Å². The van der Waals surface area contributed by atoms with E-state index in [0.717, 1.165) is 29.9 Å². The molecule has 2 fully saturated rings. The lowest BCUT2D eigenvalue weighted by atomic mass is 9.84. The molecule has 0 bridgehead atoms. The lowest BCUT2D eigenvalue weighted by molar-refractivity contribution is -0.274. The van der Waals surface area contributed by atoms with Gasteiger partial charge in [0, 0.05) is 13.1 Å². The van der Waals surface area contributed by atoms with Crippen molar-refractivity contribution in [1.29, 1.82) is 0 Å². The van der Waals surface area contributed by atoms with Crippen LogP contribution >= 0.6 is 0 Å². The van der Waals surface area contributed by atoms with E-state index in [1.54, 1.807) is 12.1 Å². The van der Waals surface area contributed by atoms with Crippen LogP contribution in [0.1, 0.15) is 46.1 Å². The van der Waals surface area contributed by atoms with Crippen molar-refractivity contribution in [1.82, 2.24) is 4.90 Å². The van der Waals surface area contributed by atoms with Gasteiger partial charge in [-0.1, -0.05) is 51.3 Å². The number of ether oxygens (including phenoxy) is 1. The van der Waals surface area contributed by atoms with Crippen LogP contribution in [0.5, 0.6) is 5.75 Å². The number of alkyl halides is 3. The number of benzene rings is 1. The van der Waals surface area contributed by atoms with Crippen molar-refractivity contribution in [2.45, 2.75) is 53.4 Å². The molecule has 0 spiro atoms. The Labute approximate surface area is 173 Å². The van der Waals surface area contributed by atoms with E-state index in [4.69, 9.17) is 0 Å². The predicted molar refractivity (Wildman–Crippen MR) is 110 cm³/mol. The fraction of sp³-hybridized carbons (Fsp3) is 0.739. The molecule has 3 rings (SSSR count). The minimum Gasteiger partial charge on any atom is -0.658 e. The predicted octanol–water partition coefficient (Wildman–Crippen LogP) is 6.10. The number of likely N-dealkylation sites (tertiary alicyclic amines) is 1. The summed E-state index contributed by atoms with van der Waals surface area (Å²) in [6.45, 7) is 14.1. The highest BCUT2D eigenvalue weighted by molar-refractivity contribution is 5.30. The Morgan fingerprint density at radius 1 is 1.17 bits per heavy atom. The van der Waals surface area contributed by atoms with Gasteiger partial charge in [0.05, 0.1) is 0 Å². The summed E-state index contributed by atoms with van der Waals surface area (Å²) in [5, 5.41) is 4.61. The third kappa shape index (κ3) is 7.18. The molecule has 1 heterocycles.